The molecule has 1 amide bonds. The summed E-state index contributed by atoms with van der Waals surface area (Å²) in [5.41, 5.74) is 1.78. The number of hydrogen-bond acceptors (Lipinski definition) is 5. The van der Waals surface area contributed by atoms with Crippen LogP contribution in [0.3, 0.4) is 0 Å². The van der Waals surface area contributed by atoms with E-state index in [1.165, 1.54) is 5.38 Å². The van der Waals surface area contributed by atoms with Gasteiger partial charge in [-0.3, -0.25) is 4.79 Å². The summed E-state index contributed by atoms with van der Waals surface area (Å²) in [7, 11) is 0. The Morgan fingerprint density at radius 3 is 2.88 bits per heavy atom. The number of aliphatic hydroxyl groups excluding tert-OH is 1. The summed E-state index contributed by atoms with van der Waals surface area (Å²) in [6.07, 6.45) is 1.88. The normalized spacial score (nSPS) is 12.2. The lowest BCUT2D eigenvalue weighted by Crippen LogP contribution is -2.42. The molecule has 1 unspecified atom stereocenters. The van der Waals surface area contributed by atoms with Crippen molar-refractivity contribution < 1.29 is 19.8 Å². The van der Waals surface area contributed by atoms with E-state index in [1.54, 1.807) is 6.20 Å². The van der Waals surface area contributed by atoms with Gasteiger partial charge in [0.1, 0.15) is 16.7 Å². The van der Waals surface area contributed by atoms with Crippen molar-refractivity contribution in [2.45, 2.75) is 19.1 Å². The van der Waals surface area contributed by atoms with Crippen LogP contribution in [0, 0.1) is 0 Å². The van der Waals surface area contributed by atoms with Crippen molar-refractivity contribution in [2.75, 3.05) is 0 Å². The Kier molecular flexibility index (Phi) is 5.16. The fourth-order valence-corrected chi connectivity index (χ4v) is 3.45. The van der Waals surface area contributed by atoms with Crippen molar-refractivity contribution in [1.82, 2.24) is 15.3 Å². The topological polar surface area (TPSA) is 115 Å². The van der Waals surface area contributed by atoms with Gasteiger partial charge in [-0.05, 0) is 23.8 Å². The molecule has 1 aromatic carbocycles. The molecule has 0 fully saturated rings. The fraction of sp³-hybridized carbons (Fsp3) is 0.188. The first-order valence-electron chi connectivity index (χ1n) is 7.32. The molecule has 0 bridgehead atoms. The van der Waals surface area contributed by atoms with Crippen LogP contribution in [0.15, 0.2) is 34.2 Å². The number of rotatable bonds is 6. The van der Waals surface area contributed by atoms with Gasteiger partial charge < -0.3 is 20.5 Å². The van der Waals surface area contributed by atoms with Gasteiger partial charge in [-0.25, -0.2) is 9.78 Å². The quantitative estimate of drug-likeness (QED) is 0.485. The number of benzene rings is 1. The Balaban J connectivity index is 1.80. The lowest BCUT2D eigenvalue weighted by Gasteiger charge is -2.13. The van der Waals surface area contributed by atoms with Gasteiger partial charge in [0.15, 0.2) is 0 Å². The van der Waals surface area contributed by atoms with Crippen molar-refractivity contribution in [3.63, 3.8) is 0 Å². The zero-order valence-corrected chi connectivity index (χ0v) is 15.2. The Morgan fingerprint density at radius 1 is 1.40 bits per heavy atom. The van der Waals surface area contributed by atoms with Crippen molar-refractivity contribution in [2.24, 2.45) is 0 Å². The zero-order chi connectivity index (χ0) is 18.0. The maximum atomic E-state index is 12.2. The van der Waals surface area contributed by atoms with Gasteiger partial charge in [-0.1, -0.05) is 15.9 Å². The number of H-pyrrole nitrogens is 1. The van der Waals surface area contributed by atoms with Crippen LogP contribution < -0.4 is 5.32 Å². The average molecular weight is 424 g/mol. The van der Waals surface area contributed by atoms with Gasteiger partial charge in [0.05, 0.1) is 6.61 Å². The van der Waals surface area contributed by atoms with Crippen molar-refractivity contribution in [3.05, 3.63) is 50.5 Å². The van der Waals surface area contributed by atoms with Gasteiger partial charge in [0.25, 0.3) is 5.91 Å². The number of halogens is 1. The summed E-state index contributed by atoms with van der Waals surface area (Å²) in [4.78, 5) is 30.8. The lowest BCUT2D eigenvalue weighted by molar-refractivity contribution is -0.139. The number of aliphatic carboxylic acids is 1. The van der Waals surface area contributed by atoms with Crippen LogP contribution in [0.4, 0.5) is 0 Å². The number of carbonyl (C=O) groups is 2. The number of aliphatic hydroxyl groups is 1. The molecule has 2 heterocycles. The van der Waals surface area contributed by atoms with Gasteiger partial charge in [0.2, 0.25) is 0 Å². The number of carbonyl (C=O) groups excluding carboxylic acids is 1. The number of carboxylic acid groups (broad SMARTS) is 1. The Labute approximate surface area is 154 Å². The highest BCUT2D eigenvalue weighted by molar-refractivity contribution is 9.10. The zero-order valence-electron chi connectivity index (χ0n) is 12.8. The first kappa shape index (κ1) is 17.6. The molecule has 3 rings (SSSR count). The highest BCUT2D eigenvalue weighted by atomic mass is 79.9. The second-order valence-corrected chi connectivity index (χ2v) is 7.22. The third-order valence-corrected chi connectivity index (χ3v) is 5.00. The number of nitrogens with one attached hydrogen (secondary N) is 2. The van der Waals surface area contributed by atoms with Crippen LogP contribution in [0.5, 0.6) is 0 Å². The van der Waals surface area contributed by atoms with E-state index in [2.05, 4.69) is 31.2 Å². The summed E-state index contributed by atoms with van der Waals surface area (Å²) < 4.78 is 0.885. The number of carboxylic acids is 1. The van der Waals surface area contributed by atoms with Gasteiger partial charge >= 0.3 is 5.97 Å². The first-order valence-corrected chi connectivity index (χ1v) is 8.99. The van der Waals surface area contributed by atoms with Gasteiger partial charge in [-0.2, -0.15) is 0 Å². The molecular formula is C16H14BrN3O4S. The van der Waals surface area contributed by atoms with Crippen molar-refractivity contribution >= 4 is 50.0 Å². The molecule has 0 saturated carbocycles. The summed E-state index contributed by atoms with van der Waals surface area (Å²) in [5.74, 6) is -1.71. The van der Waals surface area contributed by atoms with E-state index in [0.717, 1.165) is 32.3 Å². The molecule has 2 aromatic heterocycles. The average Bonchev–Trinajstić information content (AvgIpc) is 3.21. The second kappa shape index (κ2) is 7.34. The van der Waals surface area contributed by atoms with E-state index in [4.69, 9.17) is 5.11 Å². The fourth-order valence-electron chi connectivity index (χ4n) is 2.46. The maximum Gasteiger partial charge on any atom is 0.326 e. The highest BCUT2D eigenvalue weighted by Gasteiger charge is 2.23. The molecule has 4 N–H and O–H groups in total. The molecule has 0 aliphatic carbocycles. The highest BCUT2D eigenvalue weighted by Crippen LogP contribution is 2.23. The van der Waals surface area contributed by atoms with E-state index in [9.17, 15) is 14.7 Å². The summed E-state index contributed by atoms with van der Waals surface area (Å²) >= 11 is 4.54. The van der Waals surface area contributed by atoms with Gasteiger partial charge in [0, 0.05) is 33.4 Å². The lowest BCUT2D eigenvalue weighted by atomic mass is 10.0. The van der Waals surface area contributed by atoms with Crippen LogP contribution in [-0.4, -0.2) is 38.1 Å². The third kappa shape index (κ3) is 3.89. The molecule has 0 aliphatic heterocycles. The molecule has 1 atom stereocenters. The summed E-state index contributed by atoms with van der Waals surface area (Å²) in [5, 5.41) is 23.7. The minimum absolute atomic E-state index is 0.0990. The maximum absolute atomic E-state index is 12.2. The molecule has 9 heteroatoms. The van der Waals surface area contributed by atoms with Crippen molar-refractivity contribution in [1.29, 1.82) is 0 Å². The number of nitrogens with zero attached hydrogens (tertiary/aromatic N) is 1. The van der Waals surface area contributed by atoms with E-state index in [-0.39, 0.29) is 18.7 Å². The number of amides is 1. The number of hydrogen-bond donors (Lipinski definition) is 4. The predicted octanol–water partition coefficient (Wildman–Crippen LogP) is 2.30. The molecule has 0 radical (unpaired) electrons. The van der Waals surface area contributed by atoms with Crippen LogP contribution in [0.1, 0.15) is 21.1 Å². The Hall–Kier alpha value is -2.23. The number of thiazole rings is 1. The largest absolute Gasteiger partial charge is 0.480 e. The summed E-state index contributed by atoms with van der Waals surface area (Å²) in [6.45, 7) is -0.259. The van der Waals surface area contributed by atoms with Gasteiger partial charge in [-0.15, -0.1) is 11.3 Å². The minimum Gasteiger partial charge on any atom is -0.480 e. The molecule has 7 nitrogen and oxygen atoms in total. The number of fused-ring (bicyclic) bond motifs is 1. The molecule has 0 aliphatic rings. The van der Waals surface area contributed by atoms with Crippen LogP contribution >= 0.6 is 27.3 Å². The van der Waals surface area contributed by atoms with Crippen molar-refractivity contribution in [3.8, 4) is 0 Å². The Morgan fingerprint density at radius 2 is 2.20 bits per heavy atom. The van der Waals surface area contributed by atoms with E-state index < -0.39 is 17.9 Å². The molecule has 130 valence electrons. The van der Waals surface area contributed by atoms with Crippen LogP contribution in [-0.2, 0) is 17.8 Å². The molecular weight excluding hydrogens is 410 g/mol. The number of aromatic nitrogens is 2. The third-order valence-electron chi connectivity index (χ3n) is 3.68. The van der Waals surface area contributed by atoms with Crippen LogP contribution in [0.25, 0.3) is 10.9 Å². The minimum atomic E-state index is -1.13. The van der Waals surface area contributed by atoms with E-state index >= 15 is 0 Å². The smallest absolute Gasteiger partial charge is 0.326 e. The van der Waals surface area contributed by atoms with E-state index in [0.29, 0.717) is 5.01 Å². The van der Waals surface area contributed by atoms with E-state index in [1.807, 2.05) is 18.2 Å². The predicted molar refractivity (Wildman–Crippen MR) is 96.6 cm³/mol. The molecule has 0 saturated heterocycles. The molecule has 0 spiro atoms. The second-order valence-electron chi connectivity index (χ2n) is 5.36. The standard InChI is InChI=1S/C16H14BrN3O4S/c17-9-1-2-11-10(4-9)8(5-18-11)3-12(16(23)24)20-15(22)13-7-25-14(6-21)19-13/h1-2,4-5,7,12,18,21H,3,6H2,(H,20,22)(H,23,24). The Bertz CT molecular complexity index is 937. The summed E-state index contributed by atoms with van der Waals surface area (Å²) in [6, 6.07) is 4.59. The monoisotopic (exact) mass is 423 g/mol. The molecule has 25 heavy (non-hydrogen) atoms. The molecule has 3 aromatic rings. The SMILES string of the molecule is O=C(NC(Cc1c[nH]c2ccc(Br)cc12)C(=O)O)c1csc(CO)n1. The number of aromatic amines is 1. The first-order chi connectivity index (χ1) is 12.0. The van der Waals surface area contributed by atoms with Crippen LogP contribution in [0.2, 0.25) is 0 Å².